The summed E-state index contributed by atoms with van der Waals surface area (Å²) in [6.45, 7) is 0. The van der Waals surface area contributed by atoms with Crippen molar-refractivity contribution in [2.24, 2.45) is 0 Å². The van der Waals surface area contributed by atoms with E-state index in [9.17, 15) is 0 Å². The van der Waals surface area contributed by atoms with Gasteiger partial charge >= 0.3 is 0 Å². The third kappa shape index (κ3) is 1.30. The maximum absolute atomic E-state index is 5.52. The van der Waals surface area contributed by atoms with Crippen LogP contribution in [0.15, 0.2) is 33.4 Å². The standard InChI is InChI=1S/C10H7BrN4O/c11-10-6-3-1-2-5(9(6)13-14-10)7-4-8(12)15-16-7/h1-4H,(H2,12,15)(H,13,14). The van der Waals surface area contributed by atoms with Gasteiger partial charge in [0.2, 0.25) is 0 Å². The molecule has 0 spiro atoms. The molecule has 0 aliphatic carbocycles. The number of rotatable bonds is 1. The van der Waals surface area contributed by atoms with Crippen LogP contribution in [0.2, 0.25) is 0 Å². The van der Waals surface area contributed by atoms with Gasteiger partial charge in [-0.05, 0) is 28.1 Å². The second-order valence-corrected chi connectivity index (χ2v) is 4.15. The fourth-order valence-electron chi connectivity index (χ4n) is 1.62. The first kappa shape index (κ1) is 9.41. The Hall–Kier alpha value is -1.82. The number of aromatic amines is 1. The monoisotopic (exact) mass is 278 g/mol. The number of aromatic nitrogens is 3. The average molecular weight is 279 g/mol. The Morgan fingerprint density at radius 1 is 1.38 bits per heavy atom. The first-order valence-corrected chi connectivity index (χ1v) is 5.40. The largest absolute Gasteiger partial charge is 0.381 e. The van der Waals surface area contributed by atoms with E-state index >= 15 is 0 Å². The third-order valence-electron chi connectivity index (χ3n) is 2.33. The molecule has 3 N–H and O–H groups in total. The highest BCUT2D eigenvalue weighted by Crippen LogP contribution is 2.31. The predicted molar refractivity (Wildman–Crippen MR) is 63.7 cm³/mol. The number of para-hydroxylation sites is 1. The molecule has 2 heterocycles. The van der Waals surface area contributed by atoms with E-state index in [0.717, 1.165) is 21.1 Å². The van der Waals surface area contributed by atoms with Crippen molar-refractivity contribution >= 4 is 32.7 Å². The van der Waals surface area contributed by atoms with Crippen LogP contribution in [0.3, 0.4) is 0 Å². The number of nitrogens with two attached hydrogens (primary N) is 1. The van der Waals surface area contributed by atoms with Gasteiger partial charge in [-0.1, -0.05) is 11.2 Å². The van der Waals surface area contributed by atoms with E-state index in [-0.39, 0.29) is 0 Å². The van der Waals surface area contributed by atoms with Gasteiger partial charge in [-0.3, -0.25) is 5.10 Å². The second-order valence-electron chi connectivity index (χ2n) is 3.36. The lowest BCUT2D eigenvalue weighted by Gasteiger charge is -1.95. The molecule has 0 saturated carbocycles. The minimum Gasteiger partial charge on any atom is -0.381 e. The number of fused-ring (bicyclic) bond motifs is 1. The molecule has 0 bridgehead atoms. The number of nitrogens with one attached hydrogen (secondary N) is 1. The van der Waals surface area contributed by atoms with Crippen LogP contribution in [0.5, 0.6) is 0 Å². The molecule has 0 fully saturated rings. The lowest BCUT2D eigenvalue weighted by Crippen LogP contribution is -1.80. The fourth-order valence-corrected chi connectivity index (χ4v) is 2.03. The van der Waals surface area contributed by atoms with Crippen LogP contribution in [-0.2, 0) is 0 Å². The van der Waals surface area contributed by atoms with Gasteiger partial charge in [0.25, 0.3) is 0 Å². The second kappa shape index (κ2) is 3.34. The highest BCUT2D eigenvalue weighted by molar-refractivity contribution is 9.10. The van der Waals surface area contributed by atoms with Crippen LogP contribution >= 0.6 is 15.9 Å². The molecule has 80 valence electrons. The van der Waals surface area contributed by atoms with Gasteiger partial charge in [-0.2, -0.15) is 5.10 Å². The number of hydrogen-bond acceptors (Lipinski definition) is 4. The van der Waals surface area contributed by atoms with Gasteiger partial charge in [-0.25, -0.2) is 0 Å². The number of H-pyrrole nitrogens is 1. The summed E-state index contributed by atoms with van der Waals surface area (Å²) in [7, 11) is 0. The quantitative estimate of drug-likeness (QED) is 0.717. The van der Waals surface area contributed by atoms with Crippen molar-refractivity contribution in [1.29, 1.82) is 0 Å². The van der Waals surface area contributed by atoms with Crippen molar-refractivity contribution in [3.05, 3.63) is 28.9 Å². The number of nitrogen functional groups attached to an aromatic ring is 1. The smallest absolute Gasteiger partial charge is 0.171 e. The highest BCUT2D eigenvalue weighted by atomic mass is 79.9. The van der Waals surface area contributed by atoms with Crippen LogP contribution in [-0.4, -0.2) is 15.4 Å². The number of halogens is 1. The molecule has 0 amide bonds. The molecule has 0 aliphatic rings. The lowest BCUT2D eigenvalue weighted by atomic mass is 10.1. The van der Waals surface area contributed by atoms with Gasteiger partial charge in [0.15, 0.2) is 11.6 Å². The van der Waals surface area contributed by atoms with E-state index in [1.165, 1.54) is 0 Å². The number of nitrogens with zero attached hydrogens (tertiary/aromatic N) is 2. The van der Waals surface area contributed by atoms with Crippen LogP contribution in [0.1, 0.15) is 0 Å². The molecule has 0 aliphatic heterocycles. The van der Waals surface area contributed by atoms with Crippen molar-refractivity contribution in [1.82, 2.24) is 15.4 Å². The minimum atomic E-state index is 0.363. The highest BCUT2D eigenvalue weighted by Gasteiger charge is 2.12. The molecule has 0 saturated heterocycles. The first-order valence-electron chi connectivity index (χ1n) is 4.61. The normalized spacial score (nSPS) is 11.1. The summed E-state index contributed by atoms with van der Waals surface area (Å²) in [5.41, 5.74) is 7.21. The van der Waals surface area contributed by atoms with Gasteiger partial charge in [-0.15, -0.1) is 0 Å². The molecule has 5 nitrogen and oxygen atoms in total. The van der Waals surface area contributed by atoms with Gasteiger partial charge in [0, 0.05) is 17.0 Å². The molecule has 3 rings (SSSR count). The zero-order valence-electron chi connectivity index (χ0n) is 8.07. The third-order valence-corrected chi connectivity index (χ3v) is 2.94. The summed E-state index contributed by atoms with van der Waals surface area (Å²) in [5.74, 6) is 0.976. The Morgan fingerprint density at radius 2 is 2.25 bits per heavy atom. The van der Waals surface area contributed by atoms with Crippen molar-refractivity contribution < 1.29 is 4.52 Å². The van der Waals surface area contributed by atoms with E-state index in [4.69, 9.17) is 10.3 Å². The first-order chi connectivity index (χ1) is 7.75. The van der Waals surface area contributed by atoms with Crippen molar-refractivity contribution in [2.75, 3.05) is 5.73 Å². The van der Waals surface area contributed by atoms with Crippen molar-refractivity contribution in [2.45, 2.75) is 0 Å². The summed E-state index contributed by atoms with van der Waals surface area (Å²) < 4.78 is 5.97. The molecular weight excluding hydrogens is 272 g/mol. The van der Waals surface area contributed by atoms with E-state index in [0.29, 0.717) is 11.6 Å². The number of benzene rings is 1. The Balaban J connectivity index is 2.31. The summed E-state index contributed by atoms with van der Waals surface area (Å²) in [5, 5.41) is 11.7. The maximum Gasteiger partial charge on any atom is 0.171 e. The van der Waals surface area contributed by atoms with Gasteiger partial charge < -0.3 is 10.3 Å². The van der Waals surface area contributed by atoms with Crippen molar-refractivity contribution in [3.8, 4) is 11.3 Å². The molecule has 1 aromatic carbocycles. The number of hydrogen-bond donors (Lipinski definition) is 2. The molecule has 0 radical (unpaired) electrons. The number of anilines is 1. The Morgan fingerprint density at radius 3 is 3.00 bits per heavy atom. The Kier molecular flexibility index (Phi) is 1.97. The van der Waals surface area contributed by atoms with E-state index < -0.39 is 0 Å². The van der Waals surface area contributed by atoms with Crippen LogP contribution < -0.4 is 5.73 Å². The van der Waals surface area contributed by atoms with Crippen molar-refractivity contribution in [3.63, 3.8) is 0 Å². The van der Waals surface area contributed by atoms with E-state index in [2.05, 4.69) is 31.3 Å². The predicted octanol–water partition coefficient (Wildman–Crippen LogP) is 2.56. The van der Waals surface area contributed by atoms with Crippen LogP contribution in [0, 0.1) is 0 Å². The van der Waals surface area contributed by atoms with Crippen LogP contribution in [0.25, 0.3) is 22.2 Å². The molecule has 6 heteroatoms. The summed E-state index contributed by atoms with van der Waals surface area (Å²) in [6.07, 6.45) is 0. The van der Waals surface area contributed by atoms with Gasteiger partial charge in [0.1, 0.15) is 10.1 Å². The Bertz CT molecular complexity index is 658. The van der Waals surface area contributed by atoms with E-state index in [1.807, 2.05) is 18.2 Å². The topological polar surface area (TPSA) is 80.7 Å². The van der Waals surface area contributed by atoms with Crippen LogP contribution in [0.4, 0.5) is 5.82 Å². The summed E-state index contributed by atoms with van der Waals surface area (Å²) in [4.78, 5) is 0. The summed E-state index contributed by atoms with van der Waals surface area (Å²) >= 11 is 3.39. The zero-order chi connectivity index (χ0) is 11.1. The fraction of sp³-hybridized carbons (Fsp3) is 0. The molecule has 0 atom stereocenters. The lowest BCUT2D eigenvalue weighted by molar-refractivity contribution is 0.436. The molecule has 2 aromatic heterocycles. The Labute approximate surface area is 98.7 Å². The molecule has 16 heavy (non-hydrogen) atoms. The minimum absolute atomic E-state index is 0.363. The average Bonchev–Trinajstić information content (AvgIpc) is 2.86. The molecule has 0 unspecified atom stereocenters. The SMILES string of the molecule is Nc1cc(-c2cccc3c(Br)[nH]nc23)on1. The van der Waals surface area contributed by atoms with E-state index in [1.54, 1.807) is 6.07 Å². The summed E-state index contributed by atoms with van der Waals surface area (Å²) in [6, 6.07) is 7.48. The maximum atomic E-state index is 5.52. The van der Waals surface area contributed by atoms with Gasteiger partial charge in [0.05, 0.1) is 0 Å². The molecular formula is C10H7BrN4O. The zero-order valence-corrected chi connectivity index (χ0v) is 9.65. The molecule has 3 aromatic rings.